The van der Waals surface area contributed by atoms with Crippen molar-refractivity contribution in [1.29, 1.82) is 0 Å². The minimum absolute atomic E-state index is 0. The largest absolute Gasteiger partial charge is 0.468 e. The van der Waals surface area contributed by atoms with Crippen molar-refractivity contribution < 1.29 is 18.3 Å². The molecule has 0 aromatic heterocycles. The highest BCUT2D eigenvalue weighted by atomic mass is 35.5. The molecule has 1 aromatic carbocycles. The number of ether oxygens (including phenoxy) is 1. The number of halogens is 3. The molecule has 1 aromatic rings. The third-order valence-corrected chi connectivity index (χ3v) is 3.66. The Balaban J connectivity index is 0.00000120. The van der Waals surface area contributed by atoms with E-state index in [1.165, 1.54) is 13.2 Å². The Kier molecular flexibility index (Phi) is 3.07. The minimum atomic E-state index is -0.762. The normalized spacial score (nSPS) is 27.6. The third kappa shape index (κ3) is 1.61. The molecule has 3 nitrogen and oxygen atoms in total. The summed E-state index contributed by atoms with van der Waals surface area (Å²) in [5.74, 6) is -1.70. The molecule has 0 amide bonds. The number of hydrogen-bond acceptors (Lipinski definition) is 3. The van der Waals surface area contributed by atoms with E-state index in [0.717, 1.165) is 6.07 Å². The fourth-order valence-electron chi connectivity index (χ4n) is 2.68. The molecule has 3 rings (SSSR count). The van der Waals surface area contributed by atoms with E-state index in [9.17, 15) is 13.6 Å². The van der Waals surface area contributed by atoms with Crippen molar-refractivity contribution in [3.8, 4) is 0 Å². The second-order valence-electron chi connectivity index (χ2n) is 4.53. The lowest BCUT2D eigenvalue weighted by Crippen LogP contribution is -2.44. The Labute approximate surface area is 109 Å². The predicted octanol–water partition coefficient (Wildman–Crippen LogP) is 1.89. The van der Waals surface area contributed by atoms with E-state index in [4.69, 9.17) is 4.74 Å². The molecule has 18 heavy (non-hydrogen) atoms. The van der Waals surface area contributed by atoms with Gasteiger partial charge in [0.1, 0.15) is 17.2 Å². The van der Waals surface area contributed by atoms with E-state index < -0.39 is 17.2 Å². The third-order valence-electron chi connectivity index (χ3n) is 3.66. The molecule has 1 aliphatic heterocycles. The minimum Gasteiger partial charge on any atom is -0.468 e. The molecule has 0 radical (unpaired) electrons. The van der Waals surface area contributed by atoms with Gasteiger partial charge in [-0.25, -0.2) is 8.78 Å². The Bertz CT molecular complexity index is 523. The number of benzene rings is 1. The van der Waals surface area contributed by atoms with Gasteiger partial charge in [0.2, 0.25) is 0 Å². The van der Waals surface area contributed by atoms with Crippen LogP contribution >= 0.6 is 12.4 Å². The average molecular weight is 276 g/mol. The second kappa shape index (κ2) is 4.17. The first-order valence-corrected chi connectivity index (χ1v) is 5.40. The summed E-state index contributed by atoms with van der Waals surface area (Å²) in [6, 6.07) is 2.18. The van der Waals surface area contributed by atoms with Gasteiger partial charge in [-0.15, -0.1) is 12.4 Å². The molecule has 2 unspecified atom stereocenters. The fourth-order valence-corrected chi connectivity index (χ4v) is 2.68. The molecule has 1 aliphatic carbocycles. The Morgan fingerprint density at radius 1 is 1.50 bits per heavy atom. The summed E-state index contributed by atoms with van der Waals surface area (Å²) >= 11 is 0. The highest BCUT2D eigenvalue weighted by molar-refractivity contribution is 5.87. The summed E-state index contributed by atoms with van der Waals surface area (Å²) in [4.78, 5) is 11.6. The highest BCUT2D eigenvalue weighted by Gasteiger charge is 2.64. The Morgan fingerprint density at radius 2 is 2.22 bits per heavy atom. The summed E-state index contributed by atoms with van der Waals surface area (Å²) in [5, 5.41) is 3.00. The van der Waals surface area contributed by atoms with Crippen molar-refractivity contribution in [2.45, 2.75) is 24.4 Å². The van der Waals surface area contributed by atoms with Gasteiger partial charge in [-0.2, -0.15) is 0 Å². The molecule has 6 heteroatoms. The number of carbonyl (C=O) groups is 1. The lowest BCUT2D eigenvalue weighted by atomic mass is 9.95. The van der Waals surface area contributed by atoms with Crippen LogP contribution in [-0.2, 0) is 16.1 Å². The lowest BCUT2D eigenvalue weighted by Gasteiger charge is -2.24. The van der Waals surface area contributed by atoms with Crippen LogP contribution in [0.25, 0.3) is 0 Å². The number of nitrogens with one attached hydrogen (secondary N) is 1. The van der Waals surface area contributed by atoms with Crippen LogP contribution < -0.4 is 5.32 Å². The van der Waals surface area contributed by atoms with Gasteiger partial charge in [-0.1, -0.05) is 0 Å². The van der Waals surface area contributed by atoms with E-state index in [-0.39, 0.29) is 30.8 Å². The number of methoxy groups -OCH3 is 1. The van der Waals surface area contributed by atoms with Crippen LogP contribution in [0.3, 0.4) is 0 Å². The fraction of sp³-hybridized carbons (Fsp3) is 0.417. The van der Waals surface area contributed by atoms with E-state index in [2.05, 4.69) is 5.32 Å². The zero-order valence-electron chi connectivity index (χ0n) is 9.63. The van der Waals surface area contributed by atoms with Crippen molar-refractivity contribution in [3.05, 3.63) is 34.9 Å². The molecule has 2 atom stereocenters. The smallest absolute Gasteiger partial charge is 0.326 e. The van der Waals surface area contributed by atoms with Crippen LogP contribution in [-0.4, -0.2) is 18.6 Å². The quantitative estimate of drug-likeness (QED) is 0.796. The second-order valence-corrected chi connectivity index (χ2v) is 4.53. The maximum absolute atomic E-state index is 13.5. The molecular formula is C12H12ClF2NO2. The van der Waals surface area contributed by atoms with Crippen LogP contribution in [0, 0.1) is 11.6 Å². The van der Waals surface area contributed by atoms with Crippen molar-refractivity contribution in [2.24, 2.45) is 0 Å². The summed E-state index contributed by atoms with van der Waals surface area (Å²) in [7, 11) is 1.32. The molecule has 0 spiro atoms. The zero-order valence-corrected chi connectivity index (χ0v) is 10.4. The molecule has 1 N–H and O–H groups in total. The van der Waals surface area contributed by atoms with Gasteiger partial charge in [0, 0.05) is 24.1 Å². The predicted molar refractivity (Wildman–Crippen MR) is 62.6 cm³/mol. The molecular weight excluding hydrogens is 264 g/mol. The number of carbonyl (C=O) groups excluding carboxylic acids is 1. The number of rotatable bonds is 1. The van der Waals surface area contributed by atoms with Gasteiger partial charge in [-0.3, -0.25) is 10.1 Å². The van der Waals surface area contributed by atoms with Crippen LogP contribution in [0.2, 0.25) is 0 Å². The number of fused-ring (bicyclic) bond motifs is 3. The average Bonchev–Trinajstić information content (AvgIpc) is 3.04. The van der Waals surface area contributed by atoms with E-state index in [1.807, 2.05) is 0 Å². The van der Waals surface area contributed by atoms with Gasteiger partial charge >= 0.3 is 5.97 Å². The van der Waals surface area contributed by atoms with E-state index in [1.54, 1.807) is 0 Å². The van der Waals surface area contributed by atoms with Crippen molar-refractivity contribution >= 4 is 18.4 Å². The standard InChI is InChI=1S/C12H11F2NO2.ClH/c1-17-11(16)12-4-9(12)7-2-6(13)3-10(14)8(7)5-15-12;/h2-3,9,15H,4-5H2,1H3;1H. The number of esters is 1. The van der Waals surface area contributed by atoms with Crippen LogP contribution in [0.4, 0.5) is 8.78 Å². The summed E-state index contributed by atoms with van der Waals surface area (Å²) in [6.45, 7) is 0.229. The van der Waals surface area contributed by atoms with Crippen LogP contribution in [0.1, 0.15) is 23.5 Å². The summed E-state index contributed by atoms with van der Waals surface area (Å²) in [6.07, 6.45) is 0.537. The van der Waals surface area contributed by atoms with Crippen LogP contribution in [0.5, 0.6) is 0 Å². The molecule has 1 fully saturated rings. The van der Waals surface area contributed by atoms with E-state index in [0.29, 0.717) is 17.5 Å². The first-order chi connectivity index (χ1) is 8.08. The SMILES string of the molecule is COC(=O)C12CC1c1cc(F)cc(F)c1CN2.Cl. The zero-order chi connectivity index (χ0) is 12.2. The Morgan fingerprint density at radius 3 is 2.89 bits per heavy atom. The monoisotopic (exact) mass is 275 g/mol. The highest BCUT2D eigenvalue weighted by Crippen LogP contribution is 2.55. The van der Waals surface area contributed by atoms with Crippen molar-refractivity contribution in [3.63, 3.8) is 0 Å². The number of hydrogen-bond donors (Lipinski definition) is 1. The van der Waals surface area contributed by atoms with Gasteiger partial charge in [-0.05, 0) is 18.1 Å². The summed E-state index contributed by atoms with van der Waals surface area (Å²) < 4.78 is 31.4. The van der Waals surface area contributed by atoms with Gasteiger partial charge in [0.05, 0.1) is 7.11 Å². The van der Waals surface area contributed by atoms with Crippen LogP contribution in [0.15, 0.2) is 12.1 Å². The first-order valence-electron chi connectivity index (χ1n) is 5.40. The van der Waals surface area contributed by atoms with Crippen molar-refractivity contribution in [1.82, 2.24) is 5.32 Å². The maximum atomic E-state index is 13.5. The molecule has 2 aliphatic rings. The molecule has 98 valence electrons. The van der Waals surface area contributed by atoms with Gasteiger partial charge < -0.3 is 4.74 Å². The summed E-state index contributed by atoms with van der Waals surface area (Å²) in [5.41, 5.74) is 0.280. The molecule has 0 saturated heterocycles. The van der Waals surface area contributed by atoms with Gasteiger partial charge in [0.25, 0.3) is 0 Å². The van der Waals surface area contributed by atoms with E-state index >= 15 is 0 Å². The Hall–Kier alpha value is -1.20. The maximum Gasteiger partial charge on any atom is 0.326 e. The molecule has 1 heterocycles. The lowest BCUT2D eigenvalue weighted by molar-refractivity contribution is -0.144. The molecule has 1 saturated carbocycles. The topological polar surface area (TPSA) is 38.3 Å². The van der Waals surface area contributed by atoms with Gasteiger partial charge in [0.15, 0.2) is 0 Å². The van der Waals surface area contributed by atoms with Crippen molar-refractivity contribution in [2.75, 3.05) is 7.11 Å². The molecule has 0 bridgehead atoms. The first kappa shape index (κ1) is 13.2.